The molecule has 10 heteroatoms. The lowest BCUT2D eigenvalue weighted by molar-refractivity contribution is -0.149. The first-order chi connectivity index (χ1) is 16.7. The number of carbonyl (C=O) groups is 3. The van der Waals surface area contributed by atoms with Crippen LogP contribution in [0, 0.1) is 0 Å². The minimum atomic E-state index is -3.41. The molecule has 35 heavy (non-hydrogen) atoms. The summed E-state index contributed by atoms with van der Waals surface area (Å²) < 4.78 is 28.9. The molecule has 4 rings (SSSR count). The maximum Gasteiger partial charge on any atom is 0.407 e. The molecule has 9 nitrogen and oxygen atoms in total. The number of ether oxygens (including phenoxy) is 1. The molecule has 2 unspecified atom stereocenters. The Hall–Kier alpha value is -3.40. The van der Waals surface area contributed by atoms with Crippen LogP contribution in [0.3, 0.4) is 0 Å². The van der Waals surface area contributed by atoms with E-state index >= 15 is 0 Å². The summed E-state index contributed by atoms with van der Waals surface area (Å²) in [5.41, 5.74) is 4.22. The molecule has 0 bridgehead atoms. The van der Waals surface area contributed by atoms with E-state index in [1.807, 2.05) is 48.5 Å². The number of nitrogens with zero attached hydrogens (tertiary/aromatic N) is 1. The number of alkyl carbamates (subject to hydrolysis) is 1. The summed E-state index contributed by atoms with van der Waals surface area (Å²) in [4.78, 5) is 38.5. The number of carbonyl (C=O) groups excluding carboxylic acids is 2. The van der Waals surface area contributed by atoms with Crippen molar-refractivity contribution in [2.45, 2.75) is 37.3 Å². The Labute approximate surface area is 204 Å². The van der Waals surface area contributed by atoms with Gasteiger partial charge in [-0.15, -0.1) is 0 Å². The van der Waals surface area contributed by atoms with Gasteiger partial charge in [0.2, 0.25) is 5.91 Å². The van der Waals surface area contributed by atoms with E-state index in [-0.39, 0.29) is 31.2 Å². The molecule has 1 fully saturated rings. The second-order valence-corrected chi connectivity index (χ2v) is 11.2. The van der Waals surface area contributed by atoms with E-state index in [0.29, 0.717) is 12.8 Å². The van der Waals surface area contributed by atoms with Crippen molar-refractivity contribution in [2.75, 3.05) is 25.2 Å². The molecule has 0 spiro atoms. The Morgan fingerprint density at radius 3 is 2.26 bits per heavy atom. The Morgan fingerprint density at radius 2 is 1.69 bits per heavy atom. The average molecular weight is 501 g/mol. The topological polar surface area (TPSA) is 130 Å². The highest BCUT2D eigenvalue weighted by atomic mass is 32.2. The fourth-order valence-corrected chi connectivity index (χ4v) is 5.52. The van der Waals surface area contributed by atoms with Crippen molar-refractivity contribution in [3.63, 3.8) is 0 Å². The van der Waals surface area contributed by atoms with Crippen molar-refractivity contribution in [3.05, 3.63) is 59.7 Å². The minimum absolute atomic E-state index is 0.0360. The summed E-state index contributed by atoms with van der Waals surface area (Å²) >= 11 is 0. The quantitative estimate of drug-likeness (QED) is 0.569. The minimum Gasteiger partial charge on any atom is -0.480 e. The van der Waals surface area contributed by atoms with Crippen LogP contribution >= 0.6 is 0 Å². The number of nitrogens with one attached hydrogen (secondary N) is 1. The second-order valence-electron chi connectivity index (χ2n) is 8.97. The van der Waals surface area contributed by atoms with Gasteiger partial charge in [-0.3, -0.25) is 4.79 Å². The lowest BCUT2D eigenvalue weighted by Gasteiger charge is -2.27. The number of fused-ring (bicyclic) bond motifs is 3. The van der Waals surface area contributed by atoms with Gasteiger partial charge in [-0.05, 0) is 41.5 Å². The molecular weight excluding hydrogens is 472 g/mol. The van der Waals surface area contributed by atoms with Crippen LogP contribution in [0.25, 0.3) is 11.1 Å². The number of amides is 2. The Kier molecular flexibility index (Phi) is 7.11. The first-order valence-electron chi connectivity index (χ1n) is 11.5. The van der Waals surface area contributed by atoms with Crippen molar-refractivity contribution >= 4 is 27.8 Å². The van der Waals surface area contributed by atoms with Crippen molar-refractivity contribution < 1.29 is 32.6 Å². The highest BCUT2D eigenvalue weighted by Gasteiger charge is 2.38. The van der Waals surface area contributed by atoms with Crippen LogP contribution in [-0.4, -0.2) is 73.6 Å². The molecule has 2 aromatic rings. The van der Waals surface area contributed by atoms with Crippen LogP contribution in [-0.2, 0) is 24.2 Å². The molecule has 2 aliphatic rings. The number of carboxylic acid groups (broad SMARTS) is 1. The first kappa shape index (κ1) is 24.7. The predicted octanol–water partition coefficient (Wildman–Crippen LogP) is 2.40. The number of aliphatic carboxylic acids is 1. The molecule has 186 valence electrons. The fraction of sp³-hybridized carbons (Fsp3) is 0.400. The van der Waals surface area contributed by atoms with Gasteiger partial charge in [-0.1, -0.05) is 48.5 Å². The number of benzene rings is 2. The molecular formula is C25H28N2O7S. The number of rotatable bonds is 8. The summed E-state index contributed by atoms with van der Waals surface area (Å²) in [6.07, 6.45) is 0.837. The van der Waals surface area contributed by atoms with Crippen molar-refractivity contribution in [3.8, 4) is 11.1 Å². The molecule has 1 heterocycles. The summed E-state index contributed by atoms with van der Waals surface area (Å²) in [7, 11) is -3.41. The van der Waals surface area contributed by atoms with E-state index in [9.17, 15) is 27.9 Å². The number of carboxylic acids is 1. The van der Waals surface area contributed by atoms with Gasteiger partial charge in [-0.2, -0.15) is 0 Å². The van der Waals surface area contributed by atoms with Crippen LogP contribution < -0.4 is 5.32 Å². The number of sulfone groups is 1. The third kappa shape index (κ3) is 5.48. The summed E-state index contributed by atoms with van der Waals surface area (Å²) in [6.45, 7) is 0.270. The zero-order valence-electron chi connectivity index (χ0n) is 19.3. The SMILES string of the molecule is CS(=O)(=O)CCC(NC(=O)OCC1c2ccccc2-c2ccccc21)C(=O)N1CCCC1C(=O)O. The predicted molar refractivity (Wildman–Crippen MR) is 129 cm³/mol. The smallest absolute Gasteiger partial charge is 0.407 e. The zero-order chi connectivity index (χ0) is 25.2. The summed E-state index contributed by atoms with van der Waals surface area (Å²) in [6, 6.07) is 13.6. The normalized spacial score (nSPS) is 18.0. The molecule has 2 atom stereocenters. The Bertz CT molecular complexity index is 1200. The van der Waals surface area contributed by atoms with E-state index in [0.717, 1.165) is 28.5 Å². The average Bonchev–Trinajstić information content (AvgIpc) is 3.43. The number of hydrogen-bond donors (Lipinski definition) is 2. The van der Waals surface area contributed by atoms with E-state index in [4.69, 9.17) is 4.74 Å². The molecule has 2 N–H and O–H groups in total. The largest absolute Gasteiger partial charge is 0.480 e. The second kappa shape index (κ2) is 10.1. The molecule has 2 amide bonds. The maximum absolute atomic E-state index is 13.1. The van der Waals surface area contributed by atoms with E-state index in [1.165, 1.54) is 4.90 Å². The molecule has 1 saturated heterocycles. The van der Waals surface area contributed by atoms with E-state index in [2.05, 4.69) is 5.32 Å². The molecule has 2 aromatic carbocycles. The summed E-state index contributed by atoms with van der Waals surface area (Å²) in [5.74, 6) is -2.25. The van der Waals surface area contributed by atoms with Crippen LogP contribution in [0.15, 0.2) is 48.5 Å². The zero-order valence-corrected chi connectivity index (χ0v) is 20.2. The lowest BCUT2D eigenvalue weighted by Crippen LogP contribution is -2.52. The van der Waals surface area contributed by atoms with Gasteiger partial charge in [0.1, 0.15) is 28.5 Å². The molecule has 0 saturated carbocycles. The maximum atomic E-state index is 13.1. The molecule has 1 aliphatic heterocycles. The lowest BCUT2D eigenvalue weighted by atomic mass is 9.98. The van der Waals surface area contributed by atoms with Gasteiger partial charge < -0.3 is 20.1 Å². The summed E-state index contributed by atoms with van der Waals surface area (Å²) in [5, 5.41) is 11.9. The van der Waals surface area contributed by atoms with Crippen molar-refractivity contribution in [2.24, 2.45) is 0 Å². The van der Waals surface area contributed by atoms with Gasteiger partial charge in [0.25, 0.3) is 0 Å². The van der Waals surface area contributed by atoms with E-state index in [1.54, 1.807) is 0 Å². The van der Waals surface area contributed by atoms with Crippen LogP contribution in [0.5, 0.6) is 0 Å². The molecule has 0 aromatic heterocycles. The molecule has 0 radical (unpaired) electrons. The Balaban J connectivity index is 1.46. The van der Waals surface area contributed by atoms with Gasteiger partial charge in [0.15, 0.2) is 0 Å². The van der Waals surface area contributed by atoms with Gasteiger partial charge in [-0.25, -0.2) is 18.0 Å². The molecule has 1 aliphatic carbocycles. The number of hydrogen-bond acceptors (Lipinski definition) is 6. The van der Waals surface area contributed by atoms with Gasteiger partial charge in [0, 0.05) is 18.7 Å². The fourth-order valence-electron chi connectivity index (χ4n) is 4.86. The number of likely N-dealkylation sites (tertiary alicyclic amines) is 1. The van der Waals surface area contributed by atoms with Gasteiger partial charge in [0.05, 0.1) is 5.75 Å². The highest BCUT2D eigenvalue weighted by molar-refractivity contribution is 7.90. The third-order valence-electron chi connectivity index (χ3n) is 6.53. The van der Waals surface area contributed by atoms with Crippen molar-refractivity contribution in [1.82, 2.24) is 10.2 Å². The Morgan fingerprint density at radius 1 is 1.09 bits per heavy atom. The van der Waals surface area contributed by atoms with Crippen molar-refractivity contribution in [1.29, 1.82) is 0 Å². The van der Waals surface area contributed by atoms with E-state index < -0.39 is 39.9 Å². The highest BCUT2D eigenvalue weighted by Crippen LogP contribution is 2.44. The monoisotopic (exact) mass is 500 g/mol. The standard InChI is InChI=1S/C25H28N2O7S/c1-35(32,33)14-12-21(23(28)27-13-6-11-22(27)24(29)30)26-25(31)34-15-20-18-9-4-2-7-16(18)17-8-3-5-10-19(17)20/h2-5,7-10,20-22H,6,11-15H2,1H3,(H,26,31)(H,29,30). The van der Waals surface area contributed by atoms with Crippen LogP contribution in [0.4, 0.5) is 4.79 Å². The van der Waals surface area contributed by atoms with Crippen LogP contribution in [0.1, 0.15) is 36.3 Å². The van der Waals surface area contributed by atoms with Crippen LogP contribution in [0.2, 0.25) is 0 Å². The third-order valence-corrected chi connectivity index (χ3v) is 7.51. The first-order valence-corrected chi connectivity index (χ1v) is 13.5. The van der Waals surface area contributed by atoms with Gasteiger partial charge >= 0.3 is 12.1 Å².